The Bertz CT molecular complexity index is 2120. The van der Waals surface area contributed by atoms with Crippen LogP contribution in [0.2, 0.25) is 0 Å². The highest BCUT2D eigenvalue weighted by atomic mass is 16.5. The summed E-state index contributed by atoms with van der Waals surface area (Å²) in [7, 11) is 4.61. The van der Waals surface area contributed by atoms with E-state index in [0.29, 0.717) is 24.0 Å². The molecule has 0 spiro atoms. The van der Waals surface area contributed by atoms with E-state index in [1.54, 1.807) is 0 Å². The van der Waals surface area contributed by atoms with Crippen molar-refractivity contribution >= 4 is 11.4 Å². The second-order valence-corrected chi connectivity index (χ2v) is 18.4. The number of fused-ring (bicyclic) bond motifs is 4. The fraction of sp³-hybridized carbons (Fsp3) is 0.551. The molecule has 12 heteroatoms. The van der Waals surface area contributed by atoms with Crippen LogP contribution >= 0.6 is 0 Å². The smallest absolute Gasteiger partial charge is 0.0613 e. The molecule has 5 atom stereocenters. The van der Waals surface area contributed by atoms with E-state index in [-0.39, 0.29) is 6.04 Å². The summed E-state index contributed by atoms with van der Waals surface area (Å²) in [6, 6.07) is 22.1. The summed E-state index contributed by atoms with van der Waals surface area (Å²) in [5.41, 5.74) is 22.7. The minimum atomic E-state index is 0.277. The molecule has 2 aromatic carbocycles. The summed E-state index contributed by atoms with van der Waals surface area (Å²) < 4.78 is 11.4. The number of ether oxygens (including phenoxy) is 2. The Morgan fingerprint density at radius 2 is 1.36 bits per heavy atom. The Morgan fingerprint density at radius 3 is 2.18 bits per heavy atom. The van der Waals surface area contributed by atoms with Gasteiger partial charge >= 0.3 is 0 Å². The SMILES string of the molecule is CN(CC[C@H]1Cc2c(cc(C3CC[C@H](N(C)C[C@@H]4Cc5c(cccc5NN5CCOCC5)CN4)c4ncccc43)cc2NN2CCOCC2)CN1)[C@H]1CCCc2cccnc21. The molecule has 0 amide bonds. The van der Waals surface area contributed by atoms with Gasteiger partial charge in [0.05, 0.1) is 61.3 Å². The molecule has 4 aromatic rings. The third kappa shape index (κ3) is 9.10. The van der Waals surface area contributed by atoms with Crippen molar-refractivity contribution in [3.63, 3.8) is 0 Å². The van der Waals surface area contributed by atoms with Crippen LogP contribution in [0.25, 0.3) is 0 Å². The molecule has 10 rings (SSSR count). The zero-order valence-corrected chi connectivity index (χ0v) is 36.4. The first-order chi connectivity index (χ1) is 30.0. The average molecular weight is 827 g/mol. The second-order valence-electron chi connectivity index (χ2n) is 18.4. The zero-order chi connectivity index (χ0) is 41.1. The third-order valence-electron chi connectivity index (χ3n) is 14.5. The highest BCUT2D eigenvalue weighted by molar-refractivity contribution is 5.60. The van der Waals surface area contributed by atoms with Gasteiger partial charge in [-0.2, -0.15) is 0 Å². The molecule has 6 aliphatic rings. The number of aromatic nitrogens is 2. The third-order valence-corrected chi connectivity index (χ3v) is 14.5. The predicted octanol–water partition coefficient (Wildman–Crippen LogP) is 5.82. The maximum atomic E-state index is 5.75. The van der Waals surface area contributed by atoms with Gasteiger partial charge in [0.25, 0.3) is 0 Å². The van der Waals surface area contributed by atoms with E-state index in [0.717, 1.165) is 117 Å². The van der Waals surface area contributed by atoms with E-state index in [4.69, 9.17) is 19.4 Å². The molecule has 2 aromatic heterocycles. The van der Waals surface area contributed by atoms with Gasteiger partial charge in [-0.25, -0.2) is 10.0 Å². The zero-order valence-electron chi connectivity index (χ0n) is 36.4. The summed E-state index contributed by atoms with van der Waals surface area (Å²) in [5, 5.41) is 12.5. The maximum Gasteiger partial charge on any atom is 0.0613 e. The molecule has 4 aliphatic heterocycles. The summed E-state index contributed by atoms with van der Waals surface area (Å²) in [5.74, 6) is 0.302. The molecular weight excluding hydrogens is 761 g/mol. The molecule has 324 valence electrons. The van der Waals surface area contributed by atoms with Crippen LogP contribution in [-0.2, 0) is 41.8 Å². The molecule has 61 heavy (non-hydrogen) atoms. The number of morpholine rings is 2. The number of likely N-dealkylation sites (N-methyl/N-ethyl adjacent to an activating group) is 1. The summed E-state index contributed by atoms with van der Waals surface area (Å²) >= 11 is 0. The Kier molecular flexibility index (Phi) is 12.6. The van der Waals surface area contributed by atoms with Crippen LogP contribution < -0.4 is 21.5 Å². The van der Waals surface area contributed by atoms with E-state index in [1.807, 2.05) is 12.4 Å². The number of nitrogens with zero attached hydrogens (tertiary/aromatic N) is 6. The van der Waals surface area contributed by atoms with Crippen LogP contribution in [0.1, 0.15) is 100 Å². The van der Waals surface area contributed by atoms with E-state index < -0.39 is 0 Å². The van der Waals surface area contributed by atoms with Crippen molar-refractivity contribution in [2.75, 3.05) is 90.6 Å². The lowest BCUT2D eigenvalue weighted by molar-refractivity contribution is 0.0495. The number of benzene rings is 2. The van der Waals surface area contributed by atoms with Crippen LogP contribution in [0.15, 0.2) is 67.0 Å². The van der Waals surface area contributed by atoms with Crippen molar-refractivity contribution < 1.29 is 9.47 Å². The normalized spacial score (nSPS) is 25.7. The van der Waals surface area contributed by atoms with Crippen molar-refractivity contribution in [3.05, 3.63) is 117 Å². The van der Waals surface area contributed by atoms with Crippen LogP contribution in [0, 0.1) is 0 Å². The predicted molar refractivity (Wildman–Crippen MR) is 241 cm³/mol. The number of nitrogens with one attached hydrogen (secondary N) is 4. The molecule has 2 fully saturated rings. The van der Waals surface area contributed by atoms with Gasteiger partial charge in [0.2, 0.25) is 0 Å². The molecular formula is C49H66N10O2. The summed E-state index contributed by atoms with van der Waals surface area (Å²) in [6.07, 6.45) is 12.9. The Hall–Kier alpha value is -3.98. The molecule has 2 aliphatic carbocycles. The van der Waals surface area contributed by atoms with Gasteiger partial charge in [-0.15, -0.1) is 0 Å². The van der Waals surface area contributed by atoms with Crippen LogP contribution in [0.4, 0.5) is 11.4 Å². The molecule has 0 radical (unpaired) electrons. The number of anilines is 2. The first kappa shape index (κ1) is 41.1. The highest BCUT2D eigenvalue weighted by Crippen LogP contribution is 2.44. The monoisotopic (exact) mass is 827 g/mol. The van der Waals surface area contributed by atoms with Crippen molar-refractivity contribution in [2.45, 2.75) is 94.5 Å². The van der Waals surface area contributed by atoms with Gasteiger partial charge < -0.3 is 31.0 Å². The fourth-order valence-corrected chi connectivity index (χ4v) is 11.2. The van der Waals surface area contributed by atoms with Gasteiger partial charge in [0.1, 0.15) is 0 Å². The lowest BCUT2D eigenvalue weighted by Crippen LogP contribution is -2.46. The van der Waals surface area contributed by atoms with Crippen molar-refractivity contribution in [1.29, 1.82) is 0 Å². The minimum absolute atomic E-state index is 0.277. The molecule has 6 heterocycles. The van der Waals surface area contributed by atoms with E-state index in [1.165, 1.54) is 74.5 Å². The van der Waals surface area contributed by atoms with E-state index in [9.17, 15) is 0 Å². The van der Waals surface area contributed by atoms with Gasteiger partial charge in [0.15, 0.2) is 0 Å². The van der Waals surface area contributed by atoms with Crippen LogP contribution in [0.3, 0.4) is 0 Å². The topological polar surface area (TPSA) is 105 Å². The fourth-order valence-electron chi connectivity index (χ4n) is 11.2. The lowest BCUT2D eigenvalue weighted by atomic mass is 9.77. The van der Waals surface area contributed by atoms with Gasteiger partial charge in [-0.1, -0.05) is 30.3 Å². The van der Waals surface area contributed by atoms with Crippen LogP contribution in [0.5, 0.6) is 0 Å². The maximum absolute atomic E-state index is 5.75. The lowest BCUT2D eigenvalue weighted by Gasteiger charge is -2.39. The van der Waals surface area contributed by atoms with Crippen molar-refractivity contribution in [2.24, 2.45) is 0 Å². The van der Waals surface area contributed by atoms with Crippen molar-refractivity contribution in [3.8, 4) is 0 Å². The molecule has 2 saturated heterocycles. The second kappa shape index (κ2) is 18.8. The average Bonchev–Trinajstić information content (AvgIpc) is 3.31. The molecule has 1 unspecified atom stereocenters. The number of aryl methyl sites for hydroxylation is 1. The van der Waals surface area contributed by atoms with Gasteiger partial charge in [-0.3, -0.25) is 19.8 Å². The Morgan fingerprint density at radius 1 is 0.689 bits per heavy atom. The molecule has 4 N–H and O–H groups in total. The van der Waals surface area contributed by atoms with Gasteiger partial charge in [0, 0.05) is 76.2 Å². The number of rotatable bonds is 12. The molecule has 0 bridgehead atoms. The first-order valence-corrected chi connectivity index (χ1v) is 23.2. The first-order valence-electron chi connectivity index (χ1n) is 23.2. The van der Waals surface area contributed by atoms with Crippen LogP contribution in [-0.4, -0.2) is 122 Å². The summed E-state index contributed by atoms with van der Waals surface area (Å²) in [4.78, 5) is 15.1. The minimum Gasteiger partial charge on any atom is -0.379 e. The Balaban J connectivity index is 0.845. The number of pyridine rings is 2. The summed E-state index contributed by atoms with van der Waals surface area (Å²) in [6.45, 7) is 10.5. The number of hydrogen-bond acceptors (Lipinski definition) is 12. The van der Waals surface area contributed by atoms with Crippen molar-refractivity contribution in [1.82, 2.24) is 40.4 Å². The standard InChI is InChI=1S/C49H66N10O2/c1-56(46-12-4-7-34-9-5-16-50-48(34)46)18-15-38-29-43-37(32-52-38)27-36(28-45(43)55-59-21-25-61-26-22-59)40-13-14-47(49-41(40)10-6-17-51-49)57(2)33-39-30-42-35(31-53-39)8-3-11-44(42)54-58-19-23-60-24-20-58/h3,5-6,8-11,16-17,27-28,38-40,46-47,52-55H,4,7,12-15,18-26,29-33H2,1-2H3/t38-,39-,40?,46-,47-/m0/s1. The Labute approximate surface area is 362 Å². The number of hydrogen-bond donors (Lipinski definition) is 4. The quantitative estimate of drug-likeness (QED) is 0.139. The molecule has 0 saturated carbocycles. The molecule has 12 nitrogen and oxygen atoms in total. The largest absolute Gasteiger partial charge is 0.379 e. The highest BCUT2D eigenvalue weighted by Gasteiger charge is 2.35. The van der Waals surface area contributed by atoms with Gasteiger partial charge in [-0.05, 0) is 135 Å². The van der Waals surface area contributed by atoms with E-state index in [2.05, 4.69) is 110 Å². The number of hydrazine groups is 2. The van der Waals surface area contributed by atoms with E-state index >= 15 is 0 Å².